The molecule has 0 spiro atoms. The predicted octanol–water partition coefficient (Wildman–Crippen LogP) is 3.61. The first-order valence-corrected chi connectivity index (χ1v) is 8.99. The Labute approximate surface area is 143 Å². The lowest BCUT2D eigenvalue weighted by atomic mass is 9.96. The third-order valence-electron chi connectivity index (χ3n) is 4.29. The molecule has 6 heteroatoms. The summed E-state index contributed by atoms with van der Waals surface area (Å²) < 4.78 is 5.32. The molecule has 0 saturated heterocycles. The fourth-order valence-corrected chi connectivity index (χ4v) is 3.70. The van der Waals surface area contributed by atoms with Gasteiger partial charge in [0.15, 0.2) is 5.69 Å². The summed E-state index contributed by atoms with van der Waals surface area (Å²) in [6.45, 7) is 0.416. The number of aryl methyl sites for hydroxylation is 1. The van der Waals surface area contributed by atoms with Crippen LogP contribution in [0.15, 0.2) is 39.7 Å². The molecule has 0 aliphatic heterocycles. The maximum Gasteiger partial charge on any atom is 0.274 e. The second-order valence-corrected chi connectivity index (χ2v) is 6.63. The first-order valence-electron chi connectivity index (χ1n) is 8.05. The number of pyridine rings is 1. The van der Waals surface area contributed by atoms with E-state index in [0.29, 0.717) is 12.2 Å². The Morgan fingerprint density at radius 3 is 3.08 bits per heavy atom. The molecule has 5 nitrogen and oxygen atoms in total. The van der Waals surface area contributed by atoms with E-state index in [2.05, 4.69) is 20.8 Å². The number of hydrogen-bond acceptors (Lipinski definition) is 5. The van der Waals surface area contributed by atoms with E-state index in [9.17, 15) is 4.79 Å². The lowest BCUT2D eigenvalue weighted by molar-refractivity contribution is 0.0941. The molecule has 4 rings (SSSR count). The number of nitrogens with one attached hydrogen (secondary N) is 1. The highest BCUT2D eigenvalue weighted by Gasteiger charge is 2.23. The second-order valence-electron chi connectivity index (χ2n) is 5.85. The summed E-state index contributed by atoms with van der Waals surface area (Å²) in [6.07, 6.45) is 5.70. The second kappa shape index (κ2) is 6.57. The normalized spacial score (nSPS) is 13.5. The fraction of sp³-hybridized carbons (Fsp3) is 0.278. The SMILES string of the molecule is O=C(NCc1cccnc1-c1ccsc1)c1noc2c1CCCC2. The number of fused-ring (bicyclic) bond motifs is 1. The largest absolute Gasteiger partial charge is 0.360 e. The molecular weight excluding hydrogens is 322 g/mol. The number of thiophene rings is 1. The fourth-order valence-electron chi connectivity index (χ4n) is 3.06. The van der Waals surface area contributed by atoms with Gasteiger partial charge in [0, 0.05) is 35.7 Å². The topological polar surface area (TPSA) is 68.0 Å². The Bertz CT molecular complexity index is 855. The van der Waals surface area contributed by atoms with E-state index in [1.54, 1.807) is 17.5 Å². The van der Waals surface area contributed by atoms with Gasteiger partial charge >= 0.3 is 0 Å². The van der Waals surface area contributed by atoms with Crippen LogP contribution in [0.5, 0.6) is 0 Å². The van der Waals surface area contributed by atoms with Crippen LogP contribution in [0.1, 0.15) is 40.2 Å². The van der Waals surface area contributed by atoms with Crippen LogP contribution in [0, 0.1) is 0 Å². The Balaban J connectivity index is 1.52. The van der Waals surface area contributed by atoms with Crippen molar-refractivity contribution in [2.45, 2.75) is 32.2 Å². The molecule has 0 radical (unpaired) electrons. The Kier molecular flexibility index (Phi) is 4.13. The third-order valence-corrected chi connectivity index (χ3v) is 4.97. The van der Waals surface area contributed by atoms with Gasteiger partial charge in [0.05, 0.1) is 5.69 Å². The first-order chi connectivity index (χ1) is 11.8. The van der Waals surface area contributed by atoms with Crippen molar-refractivity contribution in [3.05, 3.63) is 57.7 Å². The summed E-state index contributed by atoms with van der Waals surface area (Å²) in [5.41, 5.74) is 4.38. The van der Waals surface area contributed by atoms with Gasteiger partial charge in [-0.05, 0) is 42.3 Å². The molecule has 0 fully saturated rings. The standard InChI is InChI=1S/C18H17N3O2S/c22-18(17-14-5-1-2-6-15(14)23-21-17)20-10-12-4-3-8-19-16(12)13-7-9-24-11-13/h3-4,7-9,11H,1-2,5-6,10H2,(H,20,22). The van der Waals surface area contributed by atoms with Gasteiger partial charge in [0.25, 0.3) is 5.91 Å². The smallest absolute Gasteiger partial charge is 0.274 e. The van der Waals surface area contributed by atoms with Gasteiger partial charge in [-0.25, -0.2) is 0 Å². The molecule has 24 heavy (non-hydrogen) atoms. The third kappa shape index (κ3) is 2.85. The quantitative estimate of drug-likeness (QED) is 0.788. The van der Waals surface area contributed by atoms with E-state index in [1.165, 1.54) is 0 Å². The molecule has 1 aliphatic carbocycles. The molecule has 0 aromatic carbocycles. The van der Waals surface area contributed by atoms with Crippen LogP contribution in [0.25, 0.3) is 11.3 Å². The van der Waals surface area contributed by atoms with E-state index < -0.39 is 0 Å². The van der Waals surface area contributed by atoms with E-state index in [0.717, 1.165) is 53.8 Å². The molecule has 0 saturated carbocycles. The molecule has 1 aliphatic rings. The Morgan fingerprint density at radius 1 is 1.29 bits per heavy atom. The van der Waals surface area contributed by atoms with Crippen LogP contribution < -0.4 is 5.32 Å². The summed E-state index contributed by atoms with van der Waals surface area (Å²) in [5.74, 6) is 0.689. The van der Waals surface area contributed by atoms with Crippen molar-refractivity contribution in [3.63, 3.8) is 0 Å². The lowest BCUT2D eigenvalue weighted by Crippen LogP contribution is -2.25. The monoisotopic (exact) mass is 339 g/mol. The van der Waals surface area contributed by atoms with E-state index in [-0.39, 0.29) is 5.91 Å². The highest BCUT2D eigenvalue weighted by molar-refractivity contribution is 7.08. The summed E-state index contributed by atoms with van der Waals surface area (Å²) in [6, 6.07) is 5.90. The van der Waals surface area contributed by atoms with Crippen LogP contribution in [-0.4, -0.2) is 16.0 Å². The zero-order chi connectivity index (χ0) is 16.4. The highest BCUT2D eigenvalue weighted by atomic mass is 32.1. The van der Waals surface area contributed by atoms with Crippen molar-refractivity contribution < 1.29 is 9.32 Å². The number of amides is 1. The van der Waals surface area contributed by atoms with Crippen LogP contribution in [-0.2, 0) is 19.4 Å². The molecule has 3 heterocycles. The number of hydrogen-bond donors (Lipinski definition) is 1. The minimum Gasteiger partial charge on any atom is -0.360 e. The summed E-state index contributed by atoms with van der Waals surface area (Å²) in [7, 11) is 0. The van der Waals surface area contributed by atoms with E-state index >= 15 is 0 Å². The van der Waals surface area contributed by atoms with Gasteiger partial charge < -0.3 is 9.84 Å². The summed E-state index contributed by atoms with van der Waals surface area (Å²) in [4.78, 5) is 17.0. The first kappa shape index (κ1) is 15.1. The zero-order valence-corrected chi connectivity index (χ0v) is 13.9. The number of aromatic nitrogens is 2. The molecule has 0 bridgehead atoms. The minimum absolute atomic E-state index is 0.179. The van der Waals surface area contributed by atoms with E-state index in [1.807, 2.05) is 23.6 Å². The van der Waals surface area contributed by atoms with Crippen LogP contribution in [0.4, 0.5) is 0 Å². The molecule has 0 unspecified atom stereocenters. The van der Waals surface area contributed by atoms with Crippen molar-refractivity contribution in [2.75, 3.05) is 0 Å². The molecule has 122 valence electrons. The molecule has 0 atom stereocenters. The van der Waals surface area contributed by atoms with Gasteiger partial charge in [0.1, 0.15) is 5.76 Å². The van der Waals surface area contributed by atoms with Crippen molar-refractivity contribution >= 4 is 17.2 Å². The van der Waals surface area contributed by atoms with Crippen molar-refractivity contribution in [1.82, 2.24) is 15.5 Å². The van der Waals surface area contributed by atoms with Gasteiger partial charge in [-0.15, -0.1) is 0 Å². The van der Waals surface area contributed by atoms with Gasteiger partial charge in [-0.1, -0.05) is 11.2 Å². The summed E-state index contributed by atoms with van der Waals surface area (Å²) >= 11 is 1.63. The van der Waals surface area contributed by atoms with Crippen molar-refractivity contribution in [3.8, 4) is 11.3 Å². The number of carbonyl (C=O) groups is 1. The average Bonchev–Trinajstić information content (AvgIpc) is 3.29. The van der Waals surface area contributed by atoms with Gasteiger partial charge in [-0.2, -0.15) is 11.3 Å². The maximum absolute atomic E-state index is 12.5. The average molecular weight is 339 g/mol. The molecule has 1 N–H and O–H groups in total. The number of rotatable bonds is 4. The Morgan fingerprint density at radius 2 is 2.21 bits per heavy atom. The van der Waals surface area contributed by atoms with Crippen molar-refractivity contribution in [2.24, 2.45) is 0 Å². The number of nitrogens with zero attached hydrogens (tertiary/aromatic N) is 2. The molecule has 3 aromatic rings. The number of carbonyl (C=O) groups excluding carboxylic acids is 1. The molecule has 3 aromatic heterocycles. The van der Waals surface area contributed by atoms with Gasteiger partial charge in [-0.3, -0.25) is 9.78 Å². The highest BCUT2D eigenvalue weighted by Crippen LogP contribution is 2.25. The minimum atomic E-state index is -0.179. The summed E-state index contributed by atoms with van der Waals surface area (Å²) in [5, 5.41) is 11.0. The van der Waals surface area contributed by atoms with E-state index in [4.69, 9.17) is 4.52 Å². The van der Waals surface area contributed by atoms with Gasteiger partial charge in [0.2, 0.25) is 0 Å². The zero-order valence-electron chi connectivity index (χ0n) is 13.1. The lowest BCUT2D eigenvalue weighted by Gasteiger charge is -2.10. The van der Waals surface area contributed by atoms with Crippen LogP contribution >= 0.6 is 11.3 Å². The molecular formula is C18H17N3O2S. The predicted molar refractivity (Wildman–Crippen MR) is 91.9 cm³/mol. The van der Waals surface area contributed by atoms with Crippen molar-refractivity contribution in [1.29, 1.82) is 0 Å². The maximum atomic E-state index is 12.5. The Hall–Kier alpha value is -2.47. The molecule has 1 amide bonds. The van der Waals surface area contributed by atoms with Crippen LogP contribution in [0.3, 0.4) is 0 Å². The van der Waals surface area contributed by atoms with Crippen LogP contribution in [0.2, 0.25) is 0 Å².